The van der Waals surface area contributed by atoms with Crippen molar-refractivity contribution in [2.75, 3.05) is 47.5 Å². The van der Waals surface area contributed by atoms with Gasteiger partial charge < -0.3 is 19.1 Å². The Morgan fingerprint density at radius 2 is 1.68 bits per heavy atom. The molecule has 0 spiro atoms. The number of fused-ring (bicyclic) bond motifs is 1. The maximum Gasteiger partial charge on any atom is 0.237 e. The summed E-state index contributed by atoms with van der Waals surface area (Å²) in [6.45, 7) is 3.76. The van der Waals surface area contributed by atoms with Crippen LogP contribution in [0.4, 0.5) is 0 Å². The fourth-order valence-electron chi connectivity index (χ4n) is 3.69. The summed E-state index contributed by atoms with van der Waals surface area (Å²) >= 11 is 0. The number of carbonyl (C=O) groups is 1. The molecule has 3 rings (SSSR count). The molecule has 0 N–H and O–H groups in total. The lowest BCUT2D eigenvalue weighted by molar-refractivity contribution is -0.134. The topological polar surface area (TPSA) is 51.2 Å². The van der Waals surface area contributed by atoms with E-state index in [0.717, 1.165) is 56.0 Å². The first-order valence-corrected chi connectivity index (χ1v) is 8.91. The van der Waals surface area contributed by atoms with Crippen molar-refractivity contribution >= 4 is 5.91 Å². The first kappa shape index (κ1) is 18.0. The number of carbonyl (C=O) groups excluding carboxylic acids is 1. The van der Waals surface area contributed by atoms with Gasteiger partial charge in [0, 0.05) is 33.3 Å². The van der Waals surface area contributed by atoms with Gasteiger partial charge in [0.25, 0.3) is 0 Å². The Kier molecular flexibility index (Phi) is 5.81. The van der Waals surface area contributed by atoms with Crippen molar-refractivity contribution in [3.8, 4) is 11.5 Å². The molecule has 0 aromatic heterocycles. The molecule has 0 aliphatic carbocycles. The van der Waals surface area contributed by atoms with Crippen LogP contribution in [0, 0.1) is 0 Å². The highest BCUT2D eigenvalue weighted by Gasteiger charge is 2.26. The number of likely N-dealkylation sites (tertiary alicyclic amines) is 1. The number of nitrogens with zero attached hydrogens (tertiary/aromatic N) is 2. The summed E-state index contributed by atoms with van der Waals surface area (Å²) in [4.78, 5) is 16.9. The molecular formula is C19H28N2O4. The molecule has 1 aromatic rings. The molecule has 0 bridgehead atoms. The number of rotatable bonds is 5. The minimum atomic E-state index is 0.205. The average Bonchev–Trinajstić information content (AvgIpc) is 2.66. The van der Waals surface area contributed by atoms with Gasteiger partial charge >= 0.3 is 0 Å². The predicted octanol–water partition coefficient (Wildman–Crippen LogP) is 1.70. The van der Waals surface area contributed by atoms with Gasteiger partial charge in [-0.15, -0.1) is 0 Å². The highest BCUT2D eigenvalue weighted by molar-refractivity contribution is 5.78. The first-order chi connectivity index (χ1) is 12.1. The second kappa shape index (κ2) is 8.06. The van der Waals surface area contributed by atoms with Gasteiger partial charge in [0.15, 0.2) is 11.5 Å². The Labute approximate surface area is 149 Å². The first-order valence-electron chi connectivity index (χ1n) is 8.91. The number of hydrogen-bond donors (Lipinski definition) is 0. The Morgan fingerprint density at radius 3 is 2.28 bits per heavy atom. The van der Waals surface area contributed by atoms with Crippen LogP contribution in [0.25, 0.3) is 0 Å². The van der Waals surface area contributed by atoms with Crippen molar-refractivity contribution in [1.29, 1.82) is 0 Å². The van der Waals surface area contributed by atoms with Gasteiger partial charge in [-0.05, 0) is 42.5 Å². The number of ether oxygens (including phenoxy) is 3. The smallest absolute Gasteiger partial charge is 0.237 e. The van der Waals surface area contributed by atoms with E-state index in [2.05, 4.69) is 4.90 Å². The lowest BCUT2D eigenvalue weighted by Crippen LogP contribution is -2.45. The molecule has 138 valence electrons. The monoisotopic (exact) mass is 348 g/mol. The van der Waals surface area contributed by atoms with Crippen molar-refractivity contribution in [2.24, 2.45) is 0 Å². The maximum atomic E-state index is 12.7. The van der Waals surface area contributed by atoms with Crippen molar-refractivity contribution in [1.82, 2.24) is 9.80 Å². The van der Waals surface area contributed by atoms with Crippen molar-refractivity contribution in [3.63, 3.8) is 0 Å². The number of amides is 1. The highest BCUT2D eigenvalue weighted by atomic mass is 16.5. The standard InChI is InChI=1S/C19H28N2O4/c1-23-16-5-7-20(8-6-16)13-19(22)21-9-4-14-10-17(24-2)18(25-3)11-15(14)12-21/h10-11,16H,4-9,12-13H2,1-3H3. The SMILES string of the molecule is COc1cc2c(cc1OC)CN(C(=O)CN1CCC(OC)CC1)CC2. The summed E-state index contributed by atoms with van der Waals surface area (Å²) in [6.07, 6.45) is 3.20. The van der Waals surface area contributed by atoms with E-state index >= 15 is 0 Å². The van der Waals surface area contributed by atoms with Crippen LogP contribution >= 0.6 is 0 Å². The molecule has 2 heterocycles. The molecule has 0 radical (unpaired) electrons. The minimum absolute atomic E-state index is 0.205. The molecule has 0 saturated carbocycles. The zero-order valence-corrected chi connectivity index (χ0v) is 15.4. The molecule has 1 aromatic carbocycles. The third kappa shape index (κ3) is 4.07. The lowest BCUT2D eigenvalue weighted by Gasteiger charge is -2.34. The molecule has 2 aliphatic rings. The Balaban J connectivity index is 1.61. The van der Waals surface area contributed by atoms with E-state index in [9.17, 15) is 4.79 Å². The molecule has 0 unspecified atom stereocenters. The molecule has 6 heteroatoms. The van der Waals surface area contributed by atoms with Gasteiger partial charge in [-0.3, -0.25) is 9.69 Å². The second-order valence-corrected chi connectivity index (χ2v) is 6.75. The minimum Gasteiger partial charge on any atom is -0.493 e. The molecule has 1 fully saturated rings. The second-order valence-electron chi connectivity index (χ2n) is 6.75. The molecule has 1 amide bonds. The van der Waals surface area contributed by atoms with Gasteiger partial charge in [-0.25, -0.2) is 0 Å². The molecule has 2 aliphatic heterocycles. The van der Waals surface area contributed by atoms with Crippen LogP contribution < -0.4 is 9.47 Å². The van der Waals surface area contributed by atoms with Gasteiger partial charge in [0.05, 0.1) is 26.9 Å². The largest absolute Gasteiger partial charge is 0.493 e. The number of benzene rings is 1. The summed E-state index contributed by atoms with van der Waals surface area (Å²) in [7, 11) is 5.05. The number of hydrogen-bond acceptors (Lipinski definition) is 5. The van der Waals surface area contributed by atoms with Crippen molar-refractivity contribution in [3.05, 3.63) is 23.3 Å². The number of methoxy groups -OCH3 is 3. The summed E-state index contributed by atoms with van der Waals surface area (Å²) in [6, 6.07) is 4.03. The lowest BCUT2D eigenvalue weighted by atomic mass is 9.98. The van der Waals surface area contributed by atoms with E-state index in [0.29, 0.717) is 19.2 Å². The van der Waals surface area contributed by atoms with E-state index in [1.54, 1.807) is 21.3 Å². The molecular weight excluding hydrogens is 320 g/mol. The van der Waals surface area contributed by atoms with E-state index < -0.39 is 0 Å². The van der Waals surface area contributed by atoms with Crippen LogP contribution in [0.5, 0.6) is 11.5 Å². The van der Waals surface area contributed by atoms with E-state index in [4.69, 9.17) is 14.2 Å². The Bertz CT molecular complexity index is 612. The van der Waals surface area contributed by atoms with Crippen LogP contribution in [0.1, 0.15) is 24.0 Å². The van der Waals surface area contributed by atoms with Crippen LogP contribution in [-0.4, -0.2) is 69.3 Å². The summed E-state index contributed by atoms with van der Waals surface area (Å²) in [5.74, 6) is 1.68. The summed E-state index contributed by atoms with van der Waals surface area (Å²) < 4.78 is 16.2. The van der Waals surface area contributed by atoms with Gasteiger partial charge in [-0.2, -0.15) is 0 Å². The zero-order chi connectivity index (χ0) is 17.8. The quantitative estimate of drug-likeness (QED) is 0.811. The van der Waals surface area contributed by atoms with E-state index in [-0.39, 0.29) is 5.91 Å². The van der Waals surface area contributed by atoms with Crippen LogP contribution in [0.2, 0.25) is 0 Å². The number of piperidine rings is 1. The third-order valence-electron chi connectivity index (χ3n) is 5.30. The predicted molar refractivity (Wildman–Crippen MR) is 95.1 cm³/mol. The highest BCUT2D eigenvalue weighted by Crippen LogP contribution is 2.33. The van der Waals surface area contributed by atoms with Crippen LogP contribution in [0.3, 0.4) is 0 Å². The van der Waals surface area contributed by atoms with Gasteiger partial charge in [0.2, 0.25) is 5.91 Å². The van der Waals surface area contributed by atoms with Gasteiger partial charge in [0.1, 0.15) is 0 Å². The normalized spacial score (nSPS) is 18.8. The van der Waals surface area contributed by atoms with Crippen LogP contribution in [0.15, 0.2) is 12.1 Å². The summed E-state index contributed by atoms with van der Waals surface area (Å²) in [5, 5.41) is 0. The molecule has 6 nitrogen and oxygen atoms in total. The van der Waals surface area contributed by atoms with E-state index in [1.807, 2.05) is 17.0 Å². The van der Waals surface area contributed by atoms with Gasteiger partial charge in [-0.1, -0.05) is 0 Å². The fraction of sp³-hybridized carbons (Fsp3) is 0.632. The van der Waals surface area contributed by atoms with E-state index in [1.165, 1.54) is 5.56 Å². The molecule has 25 heavy (non-hydrogen) atoms. The van der Waals surface area contributed by atoms with Crippen molar-refractivity contribution < 1.29 is 19.0 Å². The maximum absolute atomic E-state index is 12.7. The Morgan fingerprint density at radius 1 is 1.04 bits per heavy atom. The molecule has 1 saturated heterocycles. The Hall–Kier alpha value is -1.79. The average molecular weight is 348 g/mol. The summed E-state index contributed by atoms with van der Waals surface area (Å²) in [5.41, 5.74) is 2.39. The fourth-order valence-corrected chi connectivity index (χ4v) is 3.69. The third-order valence-corrected chi connectivity index (χ3v) is 5.30. The zero-order valence-electron chi connectivity index (χ0n) is 15.4. The molecule has 0 atom stereocenters. The van der Waals surface area contributed by atoms with Crippen molar-refractivity contribution in [2.45, 2.75) is 31.9 Å². The van der Waals surface area contributed by atoms with Crippen LogP contribution in [-0.2, 0) is 22.5 Å².